The van der Waals surface area contributed by atoms with Crippen LogP contribution in [0, 0.1) is 6.92 Å². The van der Waals surface area contributed by atoms with Gasteiger partial charge in [-0.2, -0.15) is 5.10 Å². The van der Waals surface area contributed by atoms with E-state index in [4.69, 9.17) is 0 Å². The zero-order valence-electron chi connectivity index (χ0n) is 15.3. The SMILES string of the molecule is Cc1ccnc(NC(=O)Cn2nc(-c3cccc4ccccc34)ccc2=O)c1. The first-order valence-corrected chi connectivity index (χ1v) is 8.89. The van der Waals surface area contributed by atoms with E-state index in [1.807, 2.05) is 55.5 Å². The van der Waals surface area contributed by atoms with Gasteiger partial charge in [-0.1, -0.05) is 42.5 Å². The number of pyridine rings is 1. The average Bonchev–Trinajstić information content (AvgIpc) is 2.69. The molecule has 4 aromatic rings. The number of aryl methyl sites for hydroxylation is 1. The van der Waals surface area contributed by atoms with Gasteiger partial charge in [0, 0.05) is 17.8 Å². The van der Waals surface area contributed by atoms with Crippen molar-refractivity contribution in [3.05, 3.63) is 88.8 Å². The van der Waals surface area contributed by atoms with Crippen LogP contribution in [0.15, 0.2) is 77.7 Å². The highest BCUT2D eigenvalue weighted by atomic mass is 16.2. The Hall–Kier alpha value is -3.80. The summed E-state index contributed by atoms with van der Waals surface area (Å²) >= 11 is 0. The predicted octanol–water partition coefficient (Wildman–Crippen LogP) is 3.41. The van der Waals surface area contributed by atoms with Gasteiger partial charge in [-0.25, -0.2) is 9.67 Å². The van der Waals surface area contributed by atoms with Crippen molar-refractivity contribution >= 4 is 22.5 Å². The number of anilines is 1. The normalized spacial score (nSPS) is 10.8. The van der Waals surface area contributed by atoms with Crippen LogP contribution in [0.5, 0.6) is 0 Å². The van der Waals surface area contributed by atoms with Crippen molar-refractivity contribution in [3.63, 3.8) is 0 Å². The van der Waals surface area contributed by atoms with E-state index >= 15 is 0 Å². The number of hydrogen-bond acceptors (Lipinski definition) is 4. The molecule has 1 amide bonds. The molecule has 0 atom stereocenters. The summed E-state index contributed by atoms with van der Waals surface area (Å²) in [6.07, 6.45) is 1.62. The van der Waals surface area contributed by atoms with Gasteiger partial charge in [0.1, 0.15) is 12.4 Å². The van der Waals surface area contributed by atoms with E-state index in [1.54, 1.807) is 18.3 Å². The van der Waals surface area contributed by atoms with Crippen molar-refractivity contribution in [2.45, 2.75) is 13.5 Å². The highest BCUT2D eigenvalue weighted by Crippen LogP contribution is 2.26. The Morgan fingerprint density at radius 3 is 2.71 bits per heavy atom. The lowest BCUT2D eigenvalue weighted by atomic mass is 10.0. The van der Waals surface area contributed by atoms with Gasteiger partial charge in [0.25, 0.3) is 5.56 Å². The molecule has 0 aliphatic carbocycles. The van der Waals surface area contributed by atoms with Gasteiger partial charge in [-0.05, 0) is 41.5 Å². The number of nitrogens with zero attached hydrogens (tertiary/aromatic N) is 3. The van der Waals surface area contributed by atoms with Gasteiger partial charge in [0.15, 0.2) is 0 Å². The average molecular weight is 370 g/mol. The van der Waals surface area contributed by atoms with Crippen LogP contribution in [-0.2, 0) is 11.3 Å². The minimum atomic E-state index is -0.359. The van der Waals surface area contributed by atoms with Crippen LogP contribution in [0.4, 0.5) is 5.82 Å². The molecule has 0 radical (unpaired) electrons. The van der Waals surface area contributed by atoms with Crippen LogP contribution >= 0.6 is 0 Å². The summed E-state index contributed by atoms with van der Waals surface area (Å²) in [5.41, 5.74) is 2.19. The zero-order chi connectivity index (χ0) is 19.5. The van der Waals surface area contributed by atoms with Crippen molar-refractivity contribution in [2.75, 3.05) is 5.32 Å². The first-order valence-electron chi connectivity index (χ1n) is 8.89. The second-order valence-electron chi connectivity index (χ2n) is 6.51. The summed E-state index contributed by atoms with van der Waals surface area (Å²) in [5, 5.41) is 9.24. The highest BCUT2D eigenvalue weighted by Gasteiger charge is 2.10. The summed E-state index contributed by atoms with van der Waals surface area (Å²) in [4.78, 5) is 28.7. The topological polar surface area (TPSA) is 76.9 Å². The van der Waals surface area contributed by atoms with E-state index in [-0.39, 0.29) is 18.0 Å². The molecule has 0 aliphatic rings. The van der Waals surface area contributed by atoms with E-state index in [2.05, 4.69) is 15.4 Å². The van der Waals surface area contributed by atoms with Crippen LogP contribution < -0.4 is 10.9 Å². The van der Waals surface area contributed by atoms with Gasteiger partial charge in [0.2, 0.25) is 5.91 Å². The molecule has 0 fully saturated rings. The molecular formula is C22H18N4O2. The Morgan fingerprint density at radius 1 is 1.04 bits per heavy atom. The molecule has 0 aliphatic heterocycles. The van der Waals surface area contributed by atoms with E-state index < -0.39 is 0 Å². The molecule has 138 valence electrons. The third-order valence-electron chi connectivity index (χ3n) is 4.41. The molecule has 0 bridgehead atoms. The molecule has 2 aromatic carbocycles. The highest BCUT2D eigenvalue weighted by molar-refractivity contribution is 5.95. The maximum Gasteiger partial charge on any atom is 0.267 e. The fourth-order valence-electron chi connectivity index (χ4n) is 3.08. The van der Waals surface area contributed by atoms with Crippen LogP contribution in [-0.4, -0.2) is 20.7 Å². The van der Waals surface area contributed by atoms with Crippen LogP contribution in [0.25, 0.3) is 22.0 Å². The van der Waals surface area contributed by atoms with Crippen LogP contribution in [0.1, 0.15) is 5.56 Å². The lowest BCUT2D eigenvalue weighted by molar-refractivity contribution is -0.117. The molecule has 0 spiro atoms. The van der Waals surface area contributed by atoms with Crippen molar-refractivity contribution in [3.8, 4) is 11.3 Å². The maximum atomic E-state index is 12.4. The standard InChI is InChI=1S/C22H18N4O2/c1-15-11-12-23-20(13-15)24-21(27)14-26-22(28)10-9-19(25-26)18-8-4-6-16-5-2-3-7-17(16)18/h2-13H,14H2,1H3,(H,23,24,27). The van der Waals surface area contributed by atoms with E-state index in [0.29, 0.717) is 11.5 Å². The Kier molecular flexibility index (Phi) is 4.68. The summed E-state index contributed by atoms with van der Waals surface area (Å²) in [5.74, 6) is 0.0889. The molecular weight excluding hydrogens is 352 g/mol. The summed E-state index contributed by atoms with van der Waals surface area (Å²) < 4.78 is 1.17. The number of hydrogen-bond donors (Lipinski definition) is 1. The lowest BCUT2D eigenvalue weighted by Gasteiger charge is -2.10. The largest absolute Gasteiger partial charge is 0.309 e. The predicted molar refractivity (Wildman–Crippen MR) is 109 cm³/mol. The Balaban J connectivity index is 1.64. The number of carbonyl (C=O) groups excluding carboxylic acids is 1. The fraction of sp³-hybridized carbons (Fsp3) is 0.0909. The molecule has 0 unspecified atom stereocenters. The monoisotopic (exact) mass is 370 g/mol. The van der Waals surface area contributed by atoms with Crippen molar-refractivity contribution in [2.24, 2.45) is 0 Å². The second kappa shape index (κ2) is 7.44. The van der Waals surface area contributed by atoms with E-state index in [9.17, 15) is 9.59 Å². The van der Waals surface area contributed by atoms with Gasteiger partial charge in [-0.15, -0.1) is 0 Å². The third-order valence-corrected chi connectivity index (χ3v) is 4.41. The van der Waals surface area contributed by atoms with E-state index in [0.717, 1.165) is 21.9 Å². The zero-order valence-corrected chi connectivity index (χ0v) is 15.3. The molecule has 4 rings (SSSR count). The molecule has 0 saturated heterocycles. The van der Waals surface area contributed by atoms with Gasteiger partial charge >= 0.3 is 0 Å². The lowest BCUT2D eigenvalue weighted by Crippen LogP contribution is -2.29. The third kappa shape index (κ3) is 3.66. The smallest absolute Gasteiger partial charge is 0.267 e. The minimum absolute atomic E-state index is 0.187. The fourth-order valence-corrected chi connectivity index (χ4v) is 3.08. The van der Waals surface area contributed by atoms with Gasteiger partial charge < -0.3 is 5.32 Å². The number of fused-ring (bicyclic) bond motifs is 1. The molecule has 0 saturated carbocycles. The maximum absolute atomic E-state index is 12.4. The van der Waals surface area contributed by atoms with Crippen LogP contribution in [0.3, 0.4) is 0 Å². The number of aromatic nitrogens is 3. The Bertz CT molecular complexity index is 1230. The number of amides is 1. The second-order valence-corrected chi connectivity index (χ2v) is 6.51. The molecule has 6 nitrogen and oxygen atoms in total. The Morgan fingerprint density at radius 2 is 1.86 bits per heavy atom. The molecule has 28 heavy (non-hydrogen) atoms. The quantitative estimate of drug-likeness (QED) is 0.597. The number of carbonyl (C=O) groups is 1. The number of benzene rings is 2. The van der Waals surface area contributed by atoms with Crippen LogP contribution in [0.2, 0.25) is 0 Å². The first kappa shape index (κ1) is 17.6. The minimum Gasteiger partial charge on any atom is -0.309 e. The van der Waals surface area contributed by atoms with Crippen molar-refractivity contribution < 1.29 is 4.79 Å². The molecule has 1 N–H and O–H groups in total. The number of rotatable bonds is 4. The first-order chi connectivity index (χ1) is 13.6. The Labute approximate surface area is 161 Å². The van der Waals surface area contributed by atoms with Crippen molar-refractivity contribution in [1.29, 1.82) is 0 Å². The molecule has 2 aromatic heterocycles. The summed E-state index contributed by atoms with van der Waals surface area (Å²) in [6.45, 7) is 1.73. The molecule has 6 heteroatoms. The molecule has 2 heterocycles. The summed E-state index contributed by atoms with van der Waals surface area (Å²) in [7, 11) is 0. The number of nitrogens with one attached hydrogen (secondary N) is 1. The van der Waals surface area contributed by atoms with Gasteiger partial charge in [-0.3, -0.25) is 9.59 Å². The van der Waals surface area contributed by atoms with Crippen molar-refractivity contribution in [1.82, 2.24) is 14.8 Å². The summed E-state index contributed by atoms with van der Waals surface area (Å²) in [6, 6.07) is 20.6. The van der Waals surface area contributed by atoms with Gasteiger partial charge in [0.05, 0.1) is 5.69 Å². The van der Waals surface area contributed by atoms with E-state index in [1.165, 1.54) is 10.7 Å².